The third-order valence-corrected chi connectivity index (χ3v) is 3.45. The van der Waals surface area contributed by atoms with Crippen LogP contribution < -0.4 is 0 Å². The molecule has 0 aliphatic rings. The van der Waals surface area contributed by atoms with Gasteiger partial charge in [0.2, 0.25) is 0 Å². The highest BCUT2D eigenvalue weighted by Gasteiger charge is 2.14. The van der Waals surface area contributed by atoms with Gasteiger partial charge in [0.1, 0.15) is 0 Å². The number of nitriles is 1. The van der Waals surface area contributed by atoms with Gasteiger partial charge in [-0.3, -0.25) is 15.0 Å². The number of nitrogens with zero attached hydrogens (tertiary/aromatic N) is 3. The molecule has 0 fully saturated rings. The Morgan fingerprint density at radius 1 is 1.61 bits per heavy atom. The second kappa shape index (κ2) is 6.47. The lowest BCUT2D eigenvalue weighted by atomic mass is 10.1. The summed E-state index contributed by atoms with van der Waals surface area (Å²) in [6.45, 7) is 2.54. The summed E-state index contributed by atoms with van der Waals surface area (Å²) < 4.78 is 0.476. The van der Waals surface area contributed by atoms with Gasteiger partial charge in [0.05, 0.1) is 21.9 Å². The van der Waals surface area contributed by atoms with Crippen LogP contribution in [-0.4, -0.2) is 22.9 Å². The number of nitro groups is 1. The zero-order valence-corrected chi connectivity index (χ0v) is 11.8. The minimum atomic E-state index is -0.410. The lowest BCUT2D eigenvalue weighted by Gasteiger charge is -2.22. The van der Waals surface area contributed by atoms with E-state index >= 15 is 0 Å². The van der Waals surface area contributed by atoms with Crippen LogP contribution in [0.3, 0.4) is 0 Å². The number of halogens is 1. The molecule has 0 amide bonds. The molecule has 0 heterocycles. The quantitative estimate of drug-likeness (QED) is 0.619. The third-order valence-electron chi connectivity index (χ3n) is 2.78. The molecular formula is C12H14BrN3O2. The first-order valence-corrected chi connectivity index (χ1v) is 6.25. The lowest BCUT2D eigenvalue weighted by Crippen LogP contribution is -2.28. The van der Waals surface area contributed by atoms with Crippen LogP contribution in [-0.2, 0) is 6.54 Å². The van der Waals surface area contributed by atoms with E-state index in [0.717, 1.165) is 5.56 Å². The van der Waals surface area contributed by atoms with Gasteiger partial charge >= 0.3 is 0 Å². The van der Waals surface area contributed by atoms with Gasteiger partial charge in [-0.05, 0) is 41.5 Å². The van der Waals surface area contributed by atoms with E-state index in [2.05, 4.69) is 22.0 Å². The van der Waals surface area contributed by atoms with E-state index in [1.807, 2.05) is 24.9 Å². The smallest absolute Gasteiger partial charge is 0.283 e. The Hall–Kier alpha value is -1.45. The van der Waals surface area contributed by atoms with Gasteiger partial charge in [-0.1, -0.05) is 6.07 Å². The summed E-state index contributed by atoms with van der Waals surface area (Å²) >= 11 is 3.15. The highest BCUT2D eigenvalue weighted by molar-refractivity contribution is 9.10. The van der Waals surface area contributed by atoms with E-state index in [1.54, 1.807) is 12.1 Å². The van der Waals surface area contributed by atoms with Crippen molar-refractivity contribution >= 4 is 21.6 Å². The fourth-order valence-corrected chi connectivity index (χ4v) is 1.92. The van der Waals surface area contributed by atoms with Crippen LogP contribution >= 0.6 is 15.9 Å². The maximum absolute atomic E-state index is 10.8. The Balaban J connectivity index is 2.83. The Morgan fingerprint density at radius 3 is 2.83 bits per heavy atom. The maximum atomic E-state index is 10.8. The summed E-state index contributed by atoms with van der Waals surface area (Å²) in [5.41, 5.74) is 0.922. The molecule has 0 radical (unpaired) electrons. The first kappa shape index (κ1) is 14.6. The molecule has 0 saturated heterocycles. The first-order valence-electron chi connectivity index (χ1n) is 5.45. The molecule has 6 heteroatoms. The molecule has 0 aromatic heterocycles. The number of nitro benzene ring substituents is 1. The molecule has 0 saturated carbocycles. The zero-order chi connectivity index (χ0) is 13.7. The average Bonchev–Trinajstić information content (AvgIpc) is 2.31. The summed E-state index contributed by atoms with van der Waals surface area (Å²) in [4.78, 5) is 12.4. The van der Waals surface area contributed by atoms with Gasteiger partial charge in [-0.25, -0.2) is 0 Å². The highest BCUT2D eigenvalue weighted by Crippen LogP contribution is 2.26. The minimum absolute atomic E-state index is 0.0637. The van der Waals surface area contributed by atoms with Crippen LogP contribution in [0.15, 0.2) is 22.7 Å². The van der Waals surface area contributed by atoms with Crippen molar-refractivity contribution < 1.29 is 4.92 Å². The van der Waals surface area contributed by atoms with Crippen LogP contribution in [0.2, 0.25) is 0 Å². The standard InChI is InChI=1S/C12H14BrN3O2/c1-9(5-6-14)15(2)8-10-3-4-11(13)12(7-10)16(17)18/h3-4,7,9H,5,8H2,1-2H3. The predicted octanol–water partition coefficient (Wildman–Crippen LogP) is 3.09. The van der Waals surface area contributed by atoms with Crippen molar-refractivity contribution in [2.75, 3.05) is 7.05 Å². The highest BCUT2D eigenvalue weighted by atomic mass is 79.9. The molecule has 1 atom stereocenters. The minimum Gasteiger partial charge on any atom is -0.298 e. The van der Waals surface area contributed by atoms with Crippen molar-refractivity contribution in [2.24, 2.45) is 0 Å². The third kappa shape index (κ3) is 3.79. The molecule has 0 aliphatic heterocycles. The molecule has 96 valence electrons. The molecule has 18 heavy (non-hydrogen) atoms. The van der Waals surface area contributed by atoms with Crippen LogP contribution in [0.1, 0.15) is 18.9 Å². The fourth-order valence-electron chi connectivity index (χ4n) is 1.53. The number of hydrogen-bond acceptors (Lipinski definition) is 4. The van der Waals surface area contributed by atoms with Crippen LogP contribution in [0.4, 0.5) is 5.69 Å². The van der Waals surface area contributed by atoms with E-state index < -0.39 is 4.92 Å². The van der Waals surface area contributed by atoms with Crippen LogP contribution in [0.25, 0.3) is 0 Å². The van der Waals surface area contributed by atoms with Crippen molar-refractivity contribution in [1.82, 2.24) is 4.90 Å². The van der Waals surface area contributed by atoms with Crippen molar-refractivity contribution in [3.8, 4) is 6.07 Å². The molecule has 0 N–H and O–H groups in total. The van der Waals surface area contributed by atoms with Gasteiger partial charge in [0, 0.05) is 18.7 Å². The molecule has 0 bridgehead atoms. The van der Waals surface area contributed by atoms with Crippen molar-refractivity contribution in [1.29, 1.82) is 5.26 Å². The summed E-state index contributed by atoms with van der Waals surface area (Å²) in [5, 5.41) is 19.4. The molecule has 1 aromatic carbocycles. The summed E-state index contributed by atoms with van der Waals surface area (Å²) in [5.74, 6) is 0. The summed E-state index contributed by atoms with van der Waals surface area (Å²) in [6.07, 6.45) is 0.440. The normalized spacial score (nSPS) is 12.2. The Kier molecular flexibility index (Phi) is 5.25. The van der Waals surface area contributed by atoms with Crippen molar-refractivity contribution in [3.05, 3.63) is 38.3 Å². The monoisotopic (exact) mass is 311 g/mol. The molecule has 1 unspecified atom stereocenters. The van der Waals surface area contributed by atoms with E-state index in [4.69, 9.17) is 5.26 Å². The van der Waals surface area contributed by atoms with E-state index in [-0.39, 0.29) is 11.7 Å². The molecule has 0 aliphatic carbocycles. The number of hydrogen-bond donors (Lipinski definition) is 0. The van der Waals surface area contributed by atoms with Crippen LogP contribution in [0, 0.1) is 21.4 Å². The second-order valence-electron chi connectivity index (χ2n) is 4.17. The molecular weight excluding hydrogens is 298 g/mol. The largest absolute Gasteiger partial charge is 0.298 e. The Labute approximate surface area is 114 Å². The summed E-state index contributed by atoms with van der Waals surface area (Å²) in [7, 11) is 1.90. The van der Waals surface area contributed by atoms with Gasteiger partial charge in [0.25, 0.3) is 5.69 Å². The topological polar surface area (TPSA) is 70.2 Å². The molecule has 5 nitrogen and oxygen atoms in total. The van der Waals surface area contributed by atoms with E-state index in [9.17, 15) is 10.1 Å². The van der Waals surface area contributed by atoms with Gasteiger partial charge in [-0.2, -0.15) is 5.26 Å². The van der Waals surface area contributed by atoms with Gasteiger partial charge in [0.15, 0.2) is 0 Å². The van der Waals surface area contributed by atoms with Gasteiger partial charge in [-0.15, -0.1) is 0 Å². The average molecular weight is 312 g/mol. The fraction of sp³-hybridized carbons (Fsp3) is 0.417. The van der Waals surface area contributed by atoms with E-state index in [0.29, 0.717) is 17.4 Å². The van der Waals surface area contributed by atoms with Crippen molar-refractivity contribution in [3.63, 3.8) is 0 Å². The van der Waals surface area contributed by atoms with E-state index in [1.165, 1.54) is 0 Å². The Bertz CT molecular complexity index is 485. The lowest BCUT2D eigenvalue weighted by molar-refractivity contribution is -0.385. The van der Waals surface area contributed by atoms with Gasteiger partial charge < -0.3 is 0 Å². The predicted molar refractivity (Wildman–Crippen MR) is 72.0 cm³/mol. The molecule has 1 aromatic rings. The maximum Gasteiger partial charge on any atom is 0.283 e. The second-order valence-corrected chi connectivity index (χ2v) is 5.02. The number of benzene rings is 1. The molecule has 1 rings (SSSR count). The number of rotatable bonds is 5. The Morgan fingerprint density at radius 2 is 2.28 bits per heavy atom. The summed E-state index contributed by atoms with van der Waals surface area (Å²) in [6, 6.07) is 7.31. The molecule has 0 spiro atoms. The first-order chi connectivity index (χ1) is 8.45. The van der Waals surface area contributed by atoms with Crippen LogP contribution in [0.5, 0.6) is 0 Å². The zero-order valence-electron chi connectivity index (χ0n) is 10.3. The SMILES string of the molecule is CC(CC#N)N(C)Cc1ccc(Br)c([N+](=O)[O-])c1. The van der Waals surface area contributed by atoms with Crippen molar-refractivity contribution in [2.45, 2.75) is 25.9 Å².